The van der Waals surface area contributed by atoms with Crippen molar-refractivity contribution in [1.82, 2.24) is 15.3 Å². The number of primary amides is 1. The number of carbonyl (C=O) groups is 2. The van der Waals surface area contributed by atoms with Crippen molar-refractivity contribution in [3.63, 3.8) is 0 Å². The molecule has 0 spiro atoms. The van der Waals surface area contributed by atoms with Crippen LogP contribution in [0.2, 0.25) is 0 Å². The topological polar surface area (TPSA) is 135 Å². The molecule has 0 aliphatic carbocycles. The molecule has 0 atom stereocenters. The SMILES string of the molecule is CCCc1cc(C(=O)NCc2ccc(S(C)(=O)=O)cc2)c2nc(C(N)=O)[nH]c2c1. The summed E-state index contributed by atoms with van der Waals surface area (Å²) in [5.41, 5.74) is 8.31. The average Bonchev–Trinajstić information content (AvgIpc) is 3.10. The smallest absolute Gasteiger partial charge is 0.284 e. The summed E-state index contributed by atoms with van der Waals surface area (Å²) in [4.78, 5) is 31.5. The molecule has 3 rings (SSSR count). The van der Waals surface area contributed by atoms with Crippen LogP contribution in [0, 0.1) is 0 Å². The maximum Gasteiger partial charge on any atom is 0.284 e. The molecular weight excluding hydrogens is 392 g/mol. The number of nitrogens with two attached hydrogens (primary N) is 1. The van der Waals surface area contributed by atoms with E-state index in [-0.39, 0.29) is 23.2 Å². The fourth-order valence-corrected chi connectivity index (χ4v) is 3.66. The Morgan fingerprint density at radius 2 is 1.83 bits per heavy atom. The fraction of sp³-hybridized carbons (Fsp3) is 0.250. The van der Waals surface area contributed by atoms with E-state index in [2.05, 4.69) is 15.3 Å². The van der Waals surface area contributed by atoms with Crippen LogP contribution in [0.3, 0.4) is 0 Å². The van der Waals surface area contributed by atoms with Crippen LogP contribution in [0.25, 0.3) is 11.0 Å². The van der Waals surface area contributed by atoms with Crippen LogP contribution in [0.1, 0.15) is 45.4 Å². The van der Waals surface area contributed by atoms with Crippen LogP contribution in [-0.4, -0.2) is 36.5 Å². The summed E-state index contributed by atoms with van der Waals surface area (Å²) in [5.74, 6) is -1.04. The van der Waals surface area contributed by atoms with Crippen molar-refractivity contribution < 1.29 is 18.0 Å². The lowest BCUT2D eigenvalue weighted by atomic mass is 10.0. The first kappa shape index (κ1) is 20.5. The van der Waals surface area contributed by atoms with Crippen molar-refractivity contribution in [1.29, 1.82) is 0 Å². The predicted molar refractivity (Wildman–Crippen MR) is 109 cm³/mol. The van der Waals surface area contributed by atoms with E-state index in [1.807, 2.05) is 13.0 Å². The number of rotatable bonds is 7. The number of nitrogens with one attached hydrogen (secondary N) is 2. The summed E-state index contributed by atoms with van der Waals surface area (Å²) in [6.45, 7) is 2.25. The summed E-state index contributed by atoms with van der Waals surface area (Å²) in [6.07, 6.45) is 2.81. The summed E-state index contributed by atoms with van der Waals surface area (Å²) < 4.78 is 23.1. The van der Waals surface area contributed by atoms with Crippen molar-refractivity contribution in [2.75, 3.05) is 6.26 Å². The number of aromatic nitrogens is 2. The lowest BCUT2D eigenvalue weighted by molar-refractivity contribution is 0.0950. The Labute approximate surface area is 168 Å². The van der Waals surface area contributed by atoms with E-state index in [1.165, 1.54) is 12.1 Å². The molecule has 1 aromatic heterocycles. The van der Waals surface area contributed by atoms with Gasteiger partial charge in [-0.05, 0) is 41.8 Å². The average molecular weight is 414 g/mol. The van der Waals surface area contributed by atoms with Crippen molar-refractivity contribution in [2.45, 2.75) is 31.2 Å². The minimum absolute atomic E-state index is 0.000868. The van der Waals surface area contributed by atoms with Gasteiger partial charge in [-0.3, -0.25) is 9.59 Å². The number of hydrogen-bond donors (Lipinski definition) is 3. The Bertz CT molecular complexity index is 1180. The standard InChI is InChI=1S/C20H22N4O4S/c1-3-4-13-9-15(17-16(10-13)23-19(24-17)18(21)25)20(26)22-11-12-5-7-14(8-6-12)29(2,27)28/h5-10H,3-4,11H2,1-2H3,(H2,21,25)(H,22,26)(H,23,24). The van der Waals surface area contributed by atoms with Gasteiger partial charge in [-0.25, -0.2) is 13.4 Å². The molecule has 0 saturated carbocycles. The monoisotopic (exact) mass is 414 g/mol. The quantitative estimate of drug-likeness (QED) is 0.543. The number of H-pyrrole nitrogens is 1. The molecule has 0 aliphatic rings. The Hall–Kier alpha value is -3.20. The molecule has 0 bridgehead atoms. The van der Waals surface area contributed by atoms with Gasteiger partial charge in [0.25, 0.3) is 11.8 Å². The van der Waals surface area contributed by atoms with Crippen LogP contribution in [0.15, 0.2) is 41.3 Å². The van der Waals surface area contributed by atoms with Crippen molar-refractivity contribution in [3.05, 3.63) is 58.9 Å². The summed E-state index contributed by atoms with van der Waals surface area (Å²) in [7, 11) is -3.27. The van der Waals surface area contributed by atoms with Gasteiger partial charge in [0, 0.05) is 12.8 Å². The highest BCUT2D eigenvalue weighted by Gasteiger charge is 2.17. The van der Waals surface area contributed by atoms with E-state index >= 15 is 0 Å². The van der Waals surface area contributed by atoms with Gasteiger partial charge in [0.15, 0.2) is 15.7 Å². The third-order valence-corrected chi connectivity index (χ3v) is 5.60. The van der Waals surface area contributed by atoms with Gasteiger partial charge in [0.2, 0.25) is 0 Å². The zero-order valence-electron chi connectivity index (χ0n) is 16.2. The number of fused-ring (bicyclic) bond motifs is 1. The van der Waals surface area contributed by atoms with E-state index in [0.29, 0.717) is 16.6 Å². The second-order valence-corrected chi connectivity index (χ2v) is 8.85. The largest absolute Gasteiger partial charge is 0.363 e. The lowest BCUT2D eigenvalue weighted by Crippen LogP contribution is -2.23. The van der Waals surface area contributed by atoms with Gasteiger partial charge in [-0.1, -0.05) is 25.5 Å². The molecule has 2 aromatic carbocycles. The second-order valence-electron chi connectivity index (χ2n) is 6.84. The Kier molecular flexibility index (Phi) is 5.69. The lowest BCUT2D eigenvalue weighted by Gasteiger charge is -2.09. The Balaban J connectivity index is 1.86. The molecule has 8 nitrogen and oxygen atoms in total. The minimum Gasteiger partial charge on any atom is -0.363 e. The number of nitrogens with zero attached hydrogens (tertiary/aromatic N) is 1. The molecule has 4 N–H and O–H groups in total. The second kappa shape index (κ2) is 8.04. The number of amides is 2. The van der Waals surface area contributed by atoms with Crippen molar-refractivity contribution in [2.24, 2.45) is 5.73 Å². The third-order valence-electron chi connectivity index (χ3n) is 4.47. The van der Waals surface area contributed by atoms with Crippen molar-refractivity contribution >= 4 is 32.7 Å². The molecule has 9 heteroatoms. The number of aryl methyl sites for hydroxylation is 1. The Morgan fingerprint density at radius 1 is 1.14 bits per heavy atom. The highest BCUT2D eigenvalue weighted by Crippen LogP contribution is 2.21. The highest BCUT2D eigenvalue weighted by atomic mass is 32.2. The van der Waals surface area contributed by atoms with Gasteiger partial charge in [-0.2, -0.15) is 0 Å². The fourth-order valence-electron chi connectivity index (χ4n) is 3.03. The molecule has 0 aliphatic heterocycles. The van der Waals surface area contributed by atoms with Gasteiger partial charge >= 0.3 is 0 Å². The number of hydrogen-bond acceptors (Lipinski definition) is 5. The molecule has 152 valence electrons. The van der Waals surface area contributed by atoms with Gasteiger partial charge < -0.3 is 16.0 Å². The molecule has 0 saturated heterocycles. The molecule has 2 amide bonds. The maximum absolute atomic E-state index is 12.8. The van der Waals surface area contributed by atoms with Crippen molar-refractivity contribution in [3.8, 4) is 0 Å². The number of carbonyl (C=O) groups excluding carboxylic acids is 2. The first-order valence-electron chi connectivity index (χ1n) is 9.08. The van der Waals surface area contributed by atoms with E-state index in [4.69, 9.17) is 5.73 Å². The number of aromatic amines is 1. The molecule has 1 heterocycles. The first-order chi connectivity index (χ1) is 13.7. The highest BCUT2D eigenvalue weighted by molar-refractivity contribution is 7.90. The van der Waals surface area contributed by atoms with Gasteiger partial charge in [0.05, 0.1) is 16.0 Å². The third kappa shape index (κ3) is 4.62. The van der Waals surface area contributed by atoms with E-state index in [0.717, 1.165) is 30.2 Å². The van der Waals surface area contributed by atoms with Crippen LogP contribution in [-0.2, 0) is 22.8 Å². The normalized spacial score (nSPS) is 11.5. The van der Waals surface area contributed by atoms with Crippen LogP contribution < -0.4 is 11.1 Å². The van der Waals surface area contributed by atoms with Gasteiger partial charge in [-0.15, -0.1) is 0 Å². The molecule has 0 radical (unpaired) electrons. The first-order valence-corrected chi connectivity index (χ1v) is 11.0. The number of imidazole rings is 1. The van der Waals surface area contributed by atoms with Crippen LogP contribution in [0.5, 0.6) is 0 Å². The van der Waals surface area contributed by atoms with Crippen LogP contribution in [0.4, 0.5) is 0 Å². The molecular formula is C20H22N4O4S. The summed E-state index contributed by atoms with van der Waals surface area (Å²) in [5, 5.41) is 2.81. The van der Waals surface area contributed by atoms with E-state index < -0.39 is 15.7 Å². The van der Waals surface area contributed by atoms with E-state index in [9.17, 15) is 18.0 Å². The Morgan fingerprint density at radius 3 is 2.41 bits per heavy atom. The molecule has 29 heavy (non-hydrogen) atoms. The molecule has 0 fully saturated rings. The van der Waals surface area contributed by atoms with Crippen LogP contribution >= 0.6 is 0 Å². The minimum atomic E-state index is -3.27. The molecule has 3 aromatic rings. The summed E-state index contributed by atoms with van der Waals surface area (Å²) >= 11 is 0. The molecule has 0 unspecified atom stereocenters. The maximum atomic E-state index is 12.8. The predicted octanol–water partition coefficient (Wildman–Crippen LogP) is 1.95. The zero-order valence-corrected chi connectivity index (χ0v) is 17.0. The number of benzene rings is 2. The zero-order chi connectivity index (χ0) is 21.2. The summed E-state index contributed by atoms with van der Waals surface area (Å²) in [6, 6.07) is 9.94. The van der Waals surface area contributed by atoms with E-state index in [1.54, 1.807) is 18.2 Å². The number of sulfone groups is 1. The van der Waals surface area contributed by atoms with Gasteiger partial charge in [0.1, 0.15) is 5.52 Å².